The summed E-state index contributed by atoms with van der Waals surface area (Å²) in [5.74, 6) is -0.824. The zero-order valence-electron chi connectivity index (χ0n) is 35.4. The summed E-state index contributed by atoms with van der Waals surface area (Å²) < 4.78 is 22.1. The van der Waals surface area contributed by atoms with Crippen molar-refractivity contribution in [1.82, 2.24) is 0 Å². The number of esters is 2. The summed E-state index contributed by atoms with van der Waals surface area (Å²) >= 11 is 0. The van der Waals surface area contributed by atoms with Crippen molar-refractivity contribution in [2.24, 2.45) is 0 Å². The molecule has 56 heavy (non-hydrogen) atoms. The van der Waals surface area contributed by atoms with Crippen LogP contribution in [0.3, 0.4) is 0 Å². The Balaban J connectivity index is 2.34. The smallest absolute Gasteiger partial charge is 0.306 e. The van der Waals surface area contributed by atoms with Crippen molar-refractivity contribution in [2.75, 3.05) is 19.8 Å². The maximum absolute atomic E-state index is 12.8. The molecule has 1 heterocycles. The lowest BCUT2D eigenvalue weighted by molar-refractivity contribution is -0.305. The second-order valence-electron chi connectivity index (χ2n) is 15.5. The third kappa shape index (κ3) is 28.3. The number of carbonyl (C=O) groups is 2. The molecule has 0 aliphatic carbocycles. The van der Waals surface area contributed by atoms with Crippen LogP contribution in [0.4, 0.5) is 0 Å². The third-order valence-electron chi connectivity index (χ3n) is 10.2. The van der Waals surface area contributed by atoms with Crippen LogP contribution in [0.1, 0.15) is 187 Å². The Kier molecular flexibility index (Phi) is 34.5. The van der Waals surface area contributed by atoms with Gasteiger partial charge in [-0.05, 0) is 70.6 Å². The maximum atomic E-state index is 12.8. The van der Waals surface area contributed by atoms with Crippen LogP contribution in [0.15, 0.2) is 36.5 Å². The summed E-state index contributed by atoms with van der Waals surface area (Å²) in [5, 5.41) is 40.1. The van der Waals surface area contributed by atoms with Crippen LogP contribution in [0, 0.1) is 0 Å². The van der Waals surface area contributed by atoms with Gasteiger partial charge in [-0.15, -0.1) is 0 Å². The van der Waals surface area contributed by atoms with Gasteiger partial charge in [0.25, 0.3) is 0 Å². The van der Waals surface area contributed by atoms with Crippen molar-refractivity contribution in [1.29, 1.82) is 0 Å². The Morgan fingerprint density at radius 1 is 0.554 bits per heavy atom. The zero-order valence-corrected chi connectivity index (χ0v) is 35.4. The van der Waals surface area contributed by atoms with Crippen LogP contribution in [0.2, 0.25) is 0 Å². The van der Waals surface area contributed by atoms with Crippen LogP contribution in [-0.2, 0) is 28.5 Å². The quantitative estimate of drug-likeness (QED) is 0.0272. The Labute approximate surface area is 340 Å². The van der Waals surface area contributed by atoms with Gasteiger partial charge in [0.2, 0.25) is 0 Å². The van der Waals surface area contributed by atoms with Crippen LogP contribution < -0.4 is 0 Å². The fourth-order valence-corrected chi connectivity index (χ4v) is 6.62. The first-order valence-corrected chi connectivity index (χ1v) is 22.6. The van der Waals surface area contributed by atoms with E-state index in [1.165, 1.54) is 83.5 Å². The Morgan fingerprint density at radius 2 is 1.00 bits per heavy atom. The number of ether oxygens (including phenoxy) is 4. The van der Waals surface area contributed by atoms with Crippen molar-refractivity contribution in [3.8, 4) is 0 Å². The van der Waals surface area contributed by atoms with Crippen molar-refractivity contribution >= 4 is 11.9 Å². The zero-order chi connectivity index (χ0) is 40.9. The number of unbranched alkanes of at least 4 members (excludes halogenated alkanes) is 20. The summed E-state index contributed by atoms with van der Waals surface area (Å²) in [4.78, 5) is 25.3. The van der Waals surface area contributed by atoms with Crippen molar-refractivity contribution in [2.45, 2.75) is 224 Å². The lowest BCUT2D eigenvalue weighted by Gasteiger charge is -2.39. The molecule has 0 aromatic rings. The van der Waals surface area contributed by atoms with E-state index in [0.717, 1.165) is 64.2 Å². The second kappa shape index (κ2) is 37.2. The number of aliphatic hydroxyl groups is 4. The van der Waals surface area contributed by atoms with E-state index in [1.54, 1.807) is 0 Å². The molecule has 10 nitrogen and oxygen atoms in total. The average Bonchev–Trinajstić information content (AvgIpc) is 3.19. The third-order valence-corrected chi connectivity index (χ3v) is 10.2. The lowest BCUT2D eigenvalue weighted by Crippen LogP contribution is -2.59. The highest BCUT2D eigenvalue weighted by Crippen LogP contribution is 2.22. The van der Waals surface area contributed by atoms with E-state index >= 15 is 0 Å². The molecule has 326 valence electrons. The molecular weight excluding hydrogens is 712 g/mol. The summed E-state index contributed by atoms with van der Waals surface area (Å²) in [7, 11) is 0. The van der Waals surface area contributed by atoms with Crippen molar-refractivity contribution in [3.05, 3.63) is 36.5 Å². The van der Waals surface area contributed by atoms with Gasteiger partial charge >= 0.3 is 11.9 Å². The molecule has 0 saturated carbocycles. The van der Waals surface area contributed by atoms with Crippen LogP contribution in [0.25, 0.3) is 0 Å². The minimum Gasteiger partial charge on any atom is -0.462 e. The number of hydrogen-bond acceptors (Lipinski definition) is 10. The van der Waals surface area contributed by atoms with Crippen LogP contribution >= 0.6 is 0 Å². The van der Waals surface area contributed by atoms with E-state index in [2.05, 4.69) is 50.3 Å². The molecule has 1 aliphatic heterocycles. The molecule has 0 radical (unpaired) electrons. The van der Waals surface area contributed by atoms with Gasteiger partial charge in [0, 0.05) is 12.8 Å². The molecular formula is C46H82O10. The largest absolute Gasteiger partial charge is 0.462 e. The fourth-order valence-electron chi connectivity index (χ4n) is 6.62. The predicted molar refractivity (Wildman–Crippen MR) is 224 cm³/mol. The number of allylic oxidation sites excluding steroid dienone is 6. The average molecular weight is 795 g/mol. The highest BCUT2D eigenvalue weighted by Gasteiger charge is 2.44. The molecule has 0 aromatic heterocycles. The van der Waals surface area contributed by atoms with Gasteiger partial charge in [-0.3, -0.25) is 9.59 Å². The molecule has 0 aromatic carbocycles. The molecule has 6 atom stereocenters. The highest BCUT2D eigenvalue weighted by molar-refractivity contribution is 5.70. The summed E-state index contributed by atoms with van der Waals surface area (Å²) in [6.07, 6.45) is 34.3. The maximum Gasteiger partial charge on any atom is 0.306 e. The normalized spacial score (nSPS) is 20.7. The number of hydrogen-bond donors (Lipinski definition) is 4. The summed E-state index contributed by atoms with van der Waals surface area (Å²) in [6.45, 7) is 3.37. The molecule has 1 rings (SSSR count). The molecule has 0 bridgehead atoms. The minimum atomic E-state index is -1.60. The number of rotatable bonds is 37. The summed E-state index contributed by atoms with van der Waals surface area (Å²) in [5.41, 5.74) is 0. The first-order valence-electron chi connectivity index (χ1n) is 22.6. The molecule has 1 aliphatic rings. The summed E-state index contributed by atoms with van der Waals surface area (Å²) in [6, 6.07) is 0. The van der Waals surface area contributed by atoms with E-state index in [1.807, 2.05) is 0 Å². The van der Waals surface area contributed by atoms with E-state index in [9.17, 15) is 30.0 Å². The van der Waals surface area contributed by atoms with Crippen molar-refractivity contribution < 1.29 is 49.0 Å². The van der Waals surface area contributed by atoms with Gasteiger partial charge in [0.05, 0.1) is 13.2 Å². The molecule has 10 heteroatoms. The van der Waals surface area contributed by atoms with Gasteiger partial charge in [0.15, 0.2) is 12.4 Å². The predicted octanol–water partition coefficient (Wildman–Crippen LogP) is 9.50. The number of aliphatic hydroxyl groups excluding tert-OH is 4. The van der Waals surface area contributed by atoms with Gasteiger partial charge < -0.3 is 39.4 Å². The van der Waals surface area contributed by atoms with Crippen LogP contribution in [0.5, 0.6) is 0 Å². The van der Waals surface area contributed by atoms with E-state index in [-0.39, 0.29) is 32.0 Å². The SMILES string of the molecule is CCCCC/C=C/C/C=C/CCCCCCCCCC(=O)O[C@H](COC(=O)CCCCCCC/C=C/CCCCCCC)CO[C@@H]1O[C@H](CO)[C@H](O)C(O)C1O. The number of carbonyl (C=O) groups excluding carboxylic acids is 2. The van der Waals surface area contributed by atoms with Gasteiger partial charge in [-0.1, -0.05) is 140 Å². The fraction of sp³-hybridized carbons (Fsp3) is 0.826. The molecule has 4 N–H and O–H groups in total. The van der Waals surface area contributed by atoms with E-state index in [0.29, 0.717) is 12.8 Å². The molecule has 2 unspecified atom stereocenters. The Hall–Kier alpha value is -2.08. The monoisotopic (exact) mass is 795 g/mol. The standard InChI is InChI=1S/C46H82O10/c1-3-5-7-9-11-13-15-17-19-20-21-23-25-27-29-31-33-35-42(49)55-39(38-54-46-45(52)44(51)43(50)40(36-47)56-46)37-53-41(48)34-32-30-28-26-24-22-18-16-14-12-10-8-6-4-2/h11,13,16-19,39-40,43-47,50-52H,3-10,12,14-15,20-38H2,1-2H3/b13-11+,18-16+,19-17+/t39-,40-,43+,44?,45?,46-/m1/s1. The topological polar surface area (TPSA) is 152 Å². The van der Waals surface area contributed by atoms with E-state index in [4.69, 9.17) is 18.9 Å². The molecule has 1 saturated heterocycles. The first kappa shape index (κ1) is 51.9. The van der Waals surface area contributed by atoms with Gasteiger partial charge in [0.1, 0.15) is 31.0 Å². The van der Waals surface area contributed by atoms with Gasteiger partial charge in [-0.2, -0.15) is 0 Å². The highest BCUT2D eigenvalue weighted by atomic mass is 16.7. The molecule has 0 amide bonds. The minimum absolute atomic E-state index is 0.219. The van der Waals surface area contributed by atoms with Crippen molar-refractivity contribution in [3.63, 3.8) is 0 Å². The molecule has 0 spiro atoms. The molecule has 1 fully saturated rings. The second-order valence-corrected chi connectivity index (χ2v) is 15.5. The lowest BCUT2D eigenvalue weighted by atomic mass is 9.99. The van der Waals surface area contributed by atoms with Gasteiger partial charge in [-0.25, -0.2) is 0 Å². The first-order chi connectivity index (χ1) is 27.3. The van der Waals surface area contributed by atoms with Crippen LogP contribution in [-0.4, -0.2) is 89.0 Å². The van der Waals surface area contributed by atoms with E-state index < -0.39 is 49.4 Å². The Bertz CT molecular complexity index is 1010. The Morgan fingerprint density at radius 3 is 1.54 bits per heavy atom.